The molecule has 4 aromatic carbocycles. The summed E-state index contributed by atoms with van der Waals surface area (Å²) in [4.78, 5) is 18.6. The summed E-state index contributed by atoms with van der Waals surface area (Å²) in [6.45, 7) is 7.86. The molecule has 2 aliphatic rings. The van der Waals surface area contributed by atoms with E-state index >= 15 is 0 Å². The Bertz CT molecular complexity index is 2930. The smallest absolute Gasteiger partial charge is 0.119 e. The lowest BCUT2D eigenvalue weighted by atomic mass is 10.0. The Morgan fingerprint density at radius 3 is 0.842 bits per heavy atom. The molecule has 8 bridgehead atoms. The predicted molar refractivity (Wildman–Crippen MR) is 300 cm³/mol. The highest BCUT2D eigenvalue weighted by atomic mass is 16.6. The van der Waals surface area contributed by atoms with Crippen molar-refractivity contribution >= 4 is 46.4 Å². The molecule has 0 spiro atoms. The van der Waals surface area contributed by atoms with Crippen LogP contribution >= 0.6 is 0 Å². The summed E-state index contributed by atoms with van der Waals surface area (Å²) in [6.07, 6.45) is 8.43. The number of benzene rings is 4. The van der Waals surface area contributed by atoms with Crippen LogP contribution < -0.4 is 9.47 Å². The first-order valence-corrected chi connectivity index (χ1v) is 25.8. The third kappa shape index (κ3) is 14.6. The fourth-order valence-corrected chi connectivity index (χ4v) is 8.87. The lowest BCUT2D eigenvalue weighted by Crippen LogP contribution is -2.13. The standard InChI is InChI=1S/C62H66N4O10/c1-67-29-31-69-33-35-71-37-39-73-41-43-75-49-17-13-47(14-18-49)61-55-25-23-53(64-55)59(45-9-5-3-6-10-45)51-21-22-52(63-51)60(46-11-7-4-8-12-46)54-24-26-56(65-54)62(58-28-27-57(61)66-58)48-15-19-50(20-16-48)76-44-42-74-40-38-72-36-34-70-32-30-68-2/h3-28,64-65H,29-44H2,1-2H3. The van der Waals surface area contributed by atoms with E-state index in [1.165, 1.54) is 0 Å². The number of aromatic nitrogens is 4. The number of hydrogen-bond acceptors (Lipinski definition) is 12. The minimum Gasteiger partial charge on any atom is -0.491 e. The predicted octanol–water partition coefficient (Wildman–Crippen LogP) is 11.5. The Kier molecular flexibility index (Phi) is 20.2. The van der Waals surface area contributed by atoms with Gasteiger partial charge in [0.25, 0.3) is 0 Å². The second-order valence-corrected chi connectivity index (χ2v) is 17.6. The quantitative estimate of drug-likeness (QED) is 0.0413. The number of methoxy groups -OCH3 is 2. The van der Waals surface area contributed by atoms with E-state index in [2.05, 4.69) is 131 Å². The Labute approximate surface area is 444 Å². The number of rotatable bonds is 30. The van der Waals surface area contributed by atoms with Crippen LogP contribution in [0.25, 0.3) is 90.9 Å². The van der Waals surface area contributed by atoms with Gasteiger partial charge in [0.05, 0.1) is 115 Å². The van der Waals surface area contributed by atoms with Crippen molar-refractivity contribution in [2.24, 2.45) is 0 Å². The molecule has 14 heteroatoms. The summed E-state index contributed by atoms with van der Waals surface area (Å²) in [5, 5.41) is 0. The third-order valence-electron chi connectivity index (χ3n) is 12.5. The average Bonchev–Trinajstić information content (AvgIpc) is 4.34. The Morgan fingerprint density at radius 2 is 0.553 bits per heavy atom. The van der Waals surface area contributed by atoms with Crippen LogP contribution in [0.1, 0.15) is 22.8 Å². The summed E-state index contributed by atoms with van der Waals surface area (Å²) >= 11 is 0. The molecule has 0 atom stereocenters. The molecule has 7 aromatic rings. The van der Waals surface area contributed by atoms with E-state index in [4.69, 9.17) is 57.3 Å². The van der Waals surface area contributed by atoms with Gasteiger partial charge in [0, 0.05) is 58.5 Å². The fraction of sp³-hybridized carbons (Fsp3) is 0.290. The molecule has 3 aromatic heterocycles. The molecule has 9 rings (SSSR count). The normalized spacial score (nSPS) is 11.9. The topological polar surface area (TPSA) is 150 Å². The maximum Gasteiger partial charge on any atom is 0.119 e. The molecule has 14 nitrogen and oxygen atoms in total. The lowest BCUT2D eigenvalue weighted by Gasteiger charge is -2.10. The van der Waals surface area contributed by atoms with Gasteiger partial charge in [-0.05, 0) is 95.1 Å². The van der Waals surface area contributed by atoms with Gasteiger partial charge in [-0.1, -0.05) is 84.9 Å². The van der Waals surface area contributed by atoms with Crippen molar-refractivity contribution in [3.8, 4) is 56.0 Å². The van der Waals surface area contributed by atoms with Crippen molar-refractivity contribution in [2.75, 3.05) is 120 Å². The van der Waals surface area contributed by atoms with E-state index < -0.39 is 0 Å². The van der Waals surface area contributed by atoms with E-state index in [0.29, 0.717) is 106 Å². The van der Waals surface area contributed by atoms with Gasteiger partial charge in [0.2, 0.25) is 0 Å². The second-order valence-electron chi connectivity index (χ2n) is 17.6. The molecular formula is C62H66N4O10. The zero-order valence-electron chi connectivity index (χ0n) is 43.3. The van der Waals surface area contributed by atoms with Crippen molar-refractivity contribution in [3.63, 3.8) is 0 Å². The number of H-pyrrole nitrogens is 2. The Morgan fingerprint density at radius 1 is 0.289 bits per heavy atom. The number of fused-ring (bicyclic) bond motifs is 8. The molecule has 0 fully saturated rings. The molecule has 2 N–H and O–H groups in total. The van der Waals surface area contributed by atoms with Crippen molar-refractivity contribution in [2.45, 2.75) is 0 Å². The third-order valence-corrected chi connectivity index (χ3v) is 12.5. The first-order chi connectivity index (χ1) is 37.7. The van der Waals surface area contributed by atoms with Gasteiger partial charge in [0.15, 0.2) is 0 Å². The maximum absolute atomic E-state index is 6.13. The van der Waals surface area contributed by atoms with Crippen molar-refractivity contribution in [1.29, 1.82) is 0 Å². The summed E-state index contributed by atoms with van der Waals surface area (Å²) in [5.41, 5.74) is 14.8. The molecule has 0 unspecified atom stereocenters. The molecule has 0 saturated heterocycles. The molecule has 394 valence electrons. The summed E-state index contributed by atoms with van der Waals surface area (Å²) in [5.74, 6) is 1.47. The summed E-state index contributed by atoms with van der Waals surface area (Å²) < 4.78 is 55.9. The molecular weight excluding hydrogens is 961 g/mol. The molecule has 0 amide bonds. The van der Waals surface area contributed by atoms with Gasteiger partial charge in [-0.3, -0.25) is 0 Å². The van der Waals surface area contributed by atoms with Crippen LogP contribution in [0.3, 0.4) is 0 Å². The van der Waals surface area contributed by atoms with Crippen molar-refractivity contribution < 1.29 is 47.4 Å². The minimum absolute atomic E-state index is 0.397. The number of nitrogens with zero attached hydrogens (tertiary/aromatic N) is 2. The summed E-state index contributed by atoms with van der Waals surface area (Å²) in [7, 11) is 3.31. The van der Waals surface area contributed by atoms with Crippen molar-refractivity contribution in [3.05, 3.63) is 156 Å². The molecule has 0 saturated carbocycles. The lowest BCUT2D eigenvalue weighted by molar-refractivity contribution is 0.000164. The number of ether oxygens (including phenoxy) is 10. The Hall–Kier alpha value is -7.24. The van der Waals surface area contributed by atoms with Crippen LogP contribution in [0.5, 0.6) is 11.5 Å². The monoisotopic (exact) mass is 1030 g/mol. The molecule has 2 aliphatic heterocycles. The van der Waals surface area contributed by atoms with Crippen LogP contribution in [0, 0.1) is 0 Å². The largest absolute Gasteiger partial charge is 0.491 e. The fourth-order valence-electron chi connectivity index (χ4n) is 8.87. The maximum atomic E-state index is 6.13. The van der Waals surface area contributed by atoms with Crippen molar-refractivity contribution in [1.82, 2.24) is 19.9 Å². The van der Waals surface area contributed by atoms with Gasteiger partial charge in [0.1, 0.15) is 24.7 Å². The highest BCUT2D eigenvalue weighted by molar-refractivity contribution is 5.99. The average molecular weight is 1030 g/mol. The van der Waals surface area contributed by atoms with Crippen LogP contribution in [-0.2, 0) is 37.9 Å². The SMILES string of the molecule is COCCOCCOCCOCCOc1ccc(-c2c3nc(c(-c4ccc(OCCOCCOCCOCCOC)cc4)c4ccc([nH]4)c(-c4ccccc4)c4nc(c(-c5ccccc5)c5ccc2[nH]5)C=C4)C=C3)cc1. The van der Waals surface area contributed by atoms with Crippen LogP contribution in [0.2, 0.25) is 0 Å². The zero-order chi connectivity index (χ0) is 52.0. The van der Waals surface area contributed by atoms with E-state index in [0.717, 1.165) is 101 Å². The van der Waals surface area contributed by atoms with Gasteiger partial charge in [-0.15, -0.1) is 0 Å². The number of hydrogen-bond donors (Lipinski definition) is 2. The molecule has 0 radical (unpaired) electrons. The highest BCUT2D eigenvalue weighted by Gasteiger charge is 2.19. The van der Waals surface area contributed by atoms with E-state index in [9.17, 15) is 0 Å². The van der Waals surface area contributed by atoms with Crippen LogP contribution in [0.15, 0.2) is 133 Å². The summed E-state index contributed by atoms with van der Waals surface area (Å²) in [6, 6.07) is 45.7. The second kappa shape index (κ2) is 28.6. The van der Waals surface area contributed by atoms with Gasteiger partial charge < -0.3 is 57.3 Å². The number of nitrogens with one attached hydrogen (secondary N) is 2. The molecule has 76 heavy (non-hydrogen) atoms. The minimum atomic E-state index is 0.397. The van der Waals surface area contributed by atoms with Crippen LogP contribution in [-0.4, -0.2) is 140 Å². The van der Waals surface area contributed by atoms with E-state index in [-0.39, 0.29) is 0 Å². The first kappa shape index (κ1) is 53.6. The van der Waals surface area contributed by atoms with E-state index in [1.807, 2.05) is 36.4 Å². The zero-order valence-corrected chi connectivity index (χ0v) is 43.3. The van der Waals surface area contributed by atoms with Gasteiger partial charge in [-0.25, -0.2) is 9.97 Å². The molecule has 0 aliphatic carbocycles. The molecule has 5 heterocycles. The van der Waals surface area contributed by atoms with Gasteiger partial charge >= 0.3 is 0 Å². The van der Waals surface area contributed by atoms with Crippen LogP contribution in [0.4, 0.5) is 0 Å². The first-order valence-electron chi connectivity index (χ1n) is 25.8. The van der Waals surface area contributed by atoms with Gasteiger partial charge in [-0.2, -0.15) is 0 Å². The highest BCUT2D eigenvalue weighted by Crippen LogP contribution is 2.39. The van der Waals surface area contributed by atoms with E-state index in [1.54, 1.807) is 14.2 Å². The number of aromatic amines is 2. The Balaban J connectivity index is 1.04.